The fourth-order valence-corrected chi connectivity index (χ4v) is 2.02. The summed E-state index contributed by atoms with van der Waals surface area (Å²) < 4.78 is 15.9. The molecule has 0 spiro atoms. The van der Waals surface area contributed by atoms with Crippen LogP contribution < -0.4 is 5.32 Å². The molecule has 0 fully saturated rings. The Morgan fingerprint density at radius 2 is 2.15 bits per heavy atom. The average molecular weight is 276 g/mol. The lowest BCUT2D eigenvalue weighted by atomic mass is 10.1. The Kier molecular flexibility index (Phi) is 4.84. The van der Waals surface area contributed by atoms with E-state index in [1.807, 2.05) is 26.0 Å². The summed E-state index contributed by atoms with van der Waals surface area (Å²) >= 11 is 0. The van der Waals surface area contributed by atoms with Crippen molar-refractivity contribution >= 4 is 0 Å². The summed E-state index contributed by atoms with van der Waals surface area (Å²) in [7, 11) is 0. The molecule has 2 rings (SSSR count). The van der Waals surface area contributed by atoms with Crippen LogP contribution in [0, 0.1) is 5.82 Å². The molecule has 0 saturated carbocycles. The van der Waals surface area contributed by atoms with Crippen molar-refractivity contribution in [3.05, 3.63) is 35.8 Å². The number of benzene rings is 1. The number of aryl methyl sites for hydroxylation is 1. The number of nitrogens with zero attached hydrogens (tertiary/aromatic N) is 3. The zero-order valence-corrected chi connectivity index (χ0v) is 12.2. The van der Waals surface area contributed by atoms with E-state index in [0.717, 1.165) is 24.2 Å². The first kappa shape index (κ1) is 14.7. The van der Waals surface area contributed by atoms with Gasteiger partial charge in [0.15, 0.2) is 0 Å². The van der Waals surface area contributed by atoms with E-state index in [1.165, 1.54) is 0 Å². The molecule has 0 saturated heterocycles. The van der Waals surface area contributed by atoms with Crippen LogP contribution in [0.25, 0.3) is 11.3 Å². The summed E-state index contributed by atoms with van der Waals surface area (Å²) in [6.07, 6.45) is 2.64. The van der Waals surface area contributed by atoms with Gasteiger partial charge in [-0.2, -0.15) is 0 Å². The molecule has 20 heavy (non-hydrogen) atoms. The van der Waals surface area contributed by atoms with Gasteiger partial charge in [0, 0.05) is 30.3 Å². The molecule has 0 unspecified atom stereocenters. The SMILES string of the molecule is CCCn1nncc1-c1ccc(CNC(C)C)c(F)c1. The van der Waals surface area contributed by atoms with Crippen molar-refractivity contribution in [1.29, 1.82) is 0 Å². The molecule has 1 aromatic heterocycles. The van der Waals surface area contributed by atoms with Crippen LogP contribution in [0.5, 0.6) is 0 Å². The van der Waals surface area contributed by atoms with Gasteiger partial charge in [0.1, 0.15) is 5.82 Å². The Morgan fingerprint density at radius 1 is 1.35 bits per heavy atom. The summed E-state index contributed by atoms with van der Waals surface area (Å²) in [4.78, 5) is 0. The molecule has 1 N–H and O–H groups in total. The maximum atomic E-state index is 14.1. The number of hydrogen-bond donors (Lipinski definition) is 1. The van der Waals surface area contributed by atoms with Gasteiger partial charge in [-0.3, -0.25) is 0 Å². The van der Waals surface area contributed by atoms with Crippen molar-refractivity contribution in [2.24, 2.45) is 0 Å². The standard InChI is InChI=1S/C15H21FN4/c1-4-7-20-15(10-18-19-20)12-5-6-13(14(16)8-12)9-17-11(2)3/h5-6,8,10-11,17H,4,7,9H2,1-3H3. The molecule has 0 atom stereocenters. The summed E-state index contributed by atoms with van der Waals surface area (Å²) in [5.74, 6) is -0.195. The van der Waals surface area contributed by atoms with Crippen LogP contribution in [-0.2, 0) is 13.1 Å². The lowest BCUT2D eigenvalue weighted by Gasteiger charge is -2.10. The molecule has 0 aliphatic rings. The first-order valence-corrected chi connectivity index (χ1v) is 7.02. The van der Waals surface area contributed by atoms with Crippen LogP contribution in [0.3, 0.4) is 0 Å². The lowest BCUT2D eigenvalue weighted by molar-refractivity contribution is 0.553. The molecular weight excluding hydrogens is 255 g/mol. The summed E-state index contributed by atoms with van der Waals surface area (Å²) in [6.45, 7) is 7.49. The fraction of sp³-hybridized carbons (Fsp3) is 0.467. The predicted molar refractivity (Wildman–Crippen MR) is 77.7 cm³/mol. The van der Waals surface area contributed by atoms with Crippen LogP contribution in [0.4, 0.5) is 4.39 Å². The molecule has 5 heteroatoms. The van der Waals surface area contributed by atoms with Crippen LogP contribution in [0.2, 0.25) is 0 Å². The third-order valence-corrected chi connectivity index (χ3v) is 3.10. The van der Waals surface area contributed by atoms with E-state index >= 15 is 0 Å². The number of hydrogen-bond acceptors (Lipinski definition) is 3. The molecule has 1 aromatic carbocycles. The number of rotatable bonds is 6. The van der Waals surface area contributed by atoms with E-state index in [0.29, 0.717) is 18.2 Å². The van der Waals surface area contributed by atoms with Gasteiger partial charge in [0.05, 0.1) is 11.9 Å². The highest BCUT2D eigenvalue weighted by molar-refractivity contribution is 5.59. The molecule has 0 aliphatic heterocycles. The highest BCUT2D eigenvalue weighted by atomic mass is 19.1. The smallest absolute Gasteiger partial charge is 0.128 e. The summed E-state index contributed by atoms with van der Waals surface area (Å²) in [6, 6.07) is 5.64. The number of halogens is 1. The minimum absolute atomic E-state index is 0.195. The van der Waals surface area contributed by atoms with Crippen molar-refractivity contribution < 1.29 is 4.39 Å². The minimum Gasteiger partial charge on any atom is -0.310 e. The first-order valence-electron chi connectivity index (χ1n) is 7.02. The van der Waals surface area contributed by atoms with Crippen LogP contribution in [0.1, 0.15) is 32.8 Å². The van der Waals surface area contributed by atoms with Gasteiger partial charge in [0.25, 0.3) is 0 Å². The maximum Gasteiger partial charge on any atom is 0.128 e. The Morgan fingerprint density at radius 3 is 2.80 bits per heavy atom. The van der Waals surface area contributed by atoms with Crippen LogP contribution >= 0.6 is 0 Å². The molecule has 0 bridgehead atoms. The zero-order chi connectivity index (χ0) is 14.5. The van der Waals surface area contributed by atoms with Gasteiger partial charge >= 0.3 is 0 Å². The lowest BCUT2D eigenvalue weighted by Crippen LogP contribution is -2.22. The third-order valence-electron chi connectivity index (χ3n) is 3.10. The number of nitrogens with one attached hydrogen (secondary N) is 1. The quantitative estimate of drug-likeness (QED) is 0.882. The van der Waals surface area contributed by atoms with E-state index in [2.05, 4.69) is 22.6 Å². The second-order valence-corrected chi connectivity index (χ2v) is 5.18. The van der Waals surface area contributed by atoms with E-state index in [1.54, 1.807) is 16.9 Å². The molecule has 108 valence electrons. The highest BCUT2D eigenvalue weighted by Crippen LogP contribution is 2.21. The van der Waals surface area contributed by atoms with Gasteiger partial charge < -0.3 is 5.32 Å². The van der Waals surface area contributed by atoms with Crippen molar-refractivity contribution in [3.63, 3.8) is 0 Å². The topological polar surface area (TPSA) is 42.7 Å². The van der Waals surface area contributed by atoms with Gasteiger partial charge in [-0.15, -0.1) is 5.10 Å². The molecule has 2 aromatic rings. The zero-order valence-electron chi connectivity index (χ0n) is 12.2. The largest absolute Gasteiger partial charge is 0.310 e. The van der Waals surface area contributed by atoms with Crippen molar-refractivity contribution in [1.82, 2.24) is 20.3 Å². The van der Waals surface area contributed by atoms with E-state index in [9.17, 15) is 4.39 Å². The fourth-order valence-electron chi connectivity index (χ4n) is 2.02. The van der Waals surface area contributed by atoms with E-state index in [4.69, 9.17) is 0 Å². The molecule has 1 heterocycles. The van der Waals surface area contributed by atoms with Crippen molar-refractivity contribution in [3.8, 4) is 11.3 Å². The maximum absolute atomic E-state index is 14.1. The molecule has 0 amide bonds. The first-order chi connectivity index (χ1) is 9.61. The summed E-state index contributed by atoms with van der Waals surface area (Å²) in [5, 5.41) is 11.2. The Bertz CT molecular complexity index is 563. The summed E-state index contributed by atoms with van der Waals surface area (Å²) in [5.41, 5.74) is 2.35. The predicted octanol–water partition coefficient (Wildman–Crippen LogP) is 2.99. The Balaban J connectivity index is 2.22. The monoisotopic (exact) mass is 276 g/mol. The average Bonchev–Trinajstić information content (AvgIpc) is 2.86. The second kappa shape index (κ2) is 6.61. The molecule has 4 nitrogen and oxygen atoms in total. The Labute approximate surface area is 119 Å². The van der Waals surface area contributed by atoms with E-state index < -0.39 is 0 Å². The Hall–Kier alpha value is -1.75. The van der Waals surface area contributed by atoms with Crippen molar-refractivity contribution in [2.45, 2.75) is 46.3 Å². The molecule has 0 aliphatic carbocycles. The normalized spacial score (nSPS) is 11.2. The molecule has 0 radical (unpaired) electrons. The van der Waals surface area contributed by atoms with Gasteiger partial charge in [-0.1, -0.05) is 38.1 Å². The second-order valence-electron chi connectivity index (χ2n) is 5.18. The third kappa shape index (κ3) is 3.42. The van der Waals surface area contributed by atoms with Crippen LogP contribution in [-0.4, -0.2) is 21.0 Å². The highest BCUT2D eigenvalue weighted by Gasteiger charge is 2.10. The molecular formula is C15H21FN4. The van der Waals surface area contributed by atoms with Gasteiger partial charge in [-0.05, 0) is 12.5 Å². The van der Waals surface area contributed by atoms with Crippen LogP contribution in [0.15, 0.2) is 24.4 Å². The number of aromatic nitrogens is 3. The van der Waals surface area contributed by atoms with Crippen molar-refractivity contribution in [2.75, 3.05) is 0 Å². The van der Waals surface area contributed by atoms with E-state index in [-0.39, 0.29) is 5.82 Å². The van der Waals surface area contributed by atoms with Gasteiger partial charge in [0.2, 0.25) is 0 Å². The van der Waals surface area contributed by atoms with Gasteiger partial charge in [-0.25, -0.2) is 9.07 Å². The minimum atomic E-state index is -0.195.